The van der Waals surface area contributed by atoms with Gasteiger partial charge in [0, 0.05) is 17.9 Å². The predicted octanol–water partition coefficient (Wildman–Crippen LogP) is 3.69. The fourth-order valence-electron chi connectivity index (χ4n) is 5.02. The molecule has 0 fully saturated rings. The predicted molar refractivity (Wildman–Crippen MR) is 99.5 cm³/mol. The number of benzene rings is 2. The summed E-state index contributed by atoms with van der Waals surface area (Å²) in [5.74, 6) is -0.566. The maximum atomic E-state index is 13.6. The molecule has 0 bridgehead atoms. The number of fused-ring (bicyclic) bond motifs is 3. The van der Waals surface area contributed by atoms with E-state index in [0.717, 1.165) is 36.0 Å². The lowest BCUT2D eigenvalue weighted by Crippen LogP contribution is -2.39. The van der Waals surface area contributed by atoms with Crippen LogP contribution in [-0.4, -0.2) is 30.9 Å². The molecule has 0 radical (unpaired) electrons. The van der Waals surface area contributed by atoms with Crippen molar-refractivity contribution in [3.05, 3.63) is 69.8 Å². The van der Waals surface area contributed by atoms with Crippen molar-refractivity contribution in [2.75, 3.05) is 13.7 Å². The van der Waals surface area contributed by atoms with Crippen LogP contribution < -0.4 is 0 Å². The van der Waals surface area contributed by atoms with Crippen molar-refractivity contribution in [2.45, 2.75) is 37.1 Å². The fourth-order valence-corrected chi connectivity index (χ4v) is 5.02. The molecule has 2 aliphatic carbocycles. The van der Waals surface area contributed by atoms with E-state index >= 15 is 0 Å². The van der Waals surface area contributed by atoms with E-state index in [-0.39, 0.29) is 11.7 Å². The van der Waals surface area contributed by atoms with Gasteiger partial charge in [0.2, 0.25) is 0 Å². The molecule has 0 N–H and O–H groups in total. The molecule has 0 aromatic heterocycles. The van der Waals surface area contributed by atoms with Crippen molar-refractivity contribution >= 4 is 11.8 Å². The highest BCUT2D eigenvalue weighted by molar-refractivity contribution is 6.10. The van der Waals surface area contributed by atoms with Gasteiger partial charge in [-0.3, -0.25) is 4.79 Å². The molecular weight excluding hydrogens is 340 g/mol. The summed E-state index contributed by atoms with van der Waals surface area (Å²) in [6, 6.07) is 11.6. The first-order chi connectivity index (χ1) is 13.2. The largest absolute Gasteiger partial charge is 0.465 e. The van der Waals surface area contributed by atoms with Gasteiger partial charge >= 0.3 is 5.97 Å². The summed E-state index contributed by atoms with van der Waals surface area (Å²) in [4.78, 5) is 25.9. The Morgan fingerprint density at radius 2 is 1.96 bits per heavy atom. The van der Waals surface area contributed by atoms with Crippen LogP contribution in [-0.2, 0) is 24.0 Å². The summed E-state index contributed by atoms with van der Waals surface area (Å²) in [6.07, 6.45) is 3.65. The van der Waals surface area contributed by atoms with Crippen molar-refractivity contribution in [1.82, 2.24) is 0 Å². The van der Waals surface area contributed by atoms with Crippen LogP contribution in [0.1, 0.15) is 55.3 Å². The van der Waals surface area contributed by atoms with Gasteiger partial charge in [-0.1, -0.05) is 30.3 Å². The van der Waals surface area contributed by atoms with Crippen molar-refractivity contribution in [1.29, 1.82) is 0 Å². The number of hydrogen-bond acceptors (Lipinski definition) is 5. The van der Waals surface area contributed by atoms with Gasteiger partial charge < -0.3 is 4.74 Å². The number of Topliss-reactive ketones (excluding diaryl/α,β-unsaturated/α-hetero) is 1. The Balaban J connectivity index is 1.63. The quantitative estimate of drug-likeness (QED) is 0.767. The van der Waals surface area contributed by atoms with Crippen LogP contribution in [0.25, 0.3) is 0 Å². The third kappa shape index (κ3) is 2.17. The smallest absolute Gasteiger partial charge is 0.338 e. The second-order valence-corrected chi connectivity index (χ2v) is 7.58. The number of ether oxygens (including phenoxy) is 1. The summed E-state index contributed by atoms with van der Waals surface area (Å²) in [5.41, 5.74) is 4.80. The van der Waals surface area contributed by atoms with Crippen LogP contribution >= 0.6 is 0 Å². The number of esters is 1. The third-order valence-electron chi connectivity index (χ3n) is 6.28. The molecule has 0 saturated heterocycles. The zero-order valence-corrected chi connectivity index (χ0v) is 15.2. The summed E-state index contributed by atoms with van der Waals surface area (Å²) in [6.45, 7) is 0.413. The van der Waals surface area contributed by atoms with Gasteiger partial charge in [-0.2, -0.15) is 10.2 Å². The minimum atomic E-state index is -0.926. The van der Waals surface area contributed by atoms with Crippen molar-refractivity contribution < 1.29 is 14.3 Å². The summed E-state index contributed by atoms with van der Waals surface area (Å²) in [5, 5.41) is 8.78. The van der Waals surface area contributed by atoms with Crippen LogP contribution in [0.2, 0.25) is 0 Å². The average molecular weight is 360 g/mol. The summed E-state index contributed by atoms with van der Waals surface area (Å²) < 4.78 is 4.95. The van der Waals surface area contributed by atoms with Crippen LogP contribution in [0, 0.1) is 0 Å². The molecule has 5 nitrogen and oxygen atoms in total. The number of aryl methyl sites for hydroxylation is 1. The molecule has 0 saturated carbocycles. The Bertz CT molecular complexity index is 1010. The molecule has 136 valence electrons. The topological polar surface area (TPSA) is 68.1 Å². The van der Waals surface area contributed by atoms with Gasteiger partial charge in [-0.25, -0.2) is 4.79 Å². The number of ketones is 1. The maximum Gasteiger partial charge on any atom is 0.338 e. The van der Waals surface area contributed by atoms with E-state index in [1.54, 1.807) is 6.07 Å². The minimum absolute atomic E-state index is 0.0715. The highest BCUT2D eigenvalue weighted by atomic mass is 16.5. The number of nitrogens with zero attached hydrogens (tertiary/aromatic N) is 2. The van der Waals surface area contributed by atoms with E-state index in [2.05, 4.69) is 22.4 Å². The Hall–Kier alpha value is -2.82. The fraction of sp³-hybridized carbons (Fsp3) is 0.364. The highest BCUT2D eigenvalue weighted by Crippen LogP contribution is 2.49. The summed E-state index contributed by atoms with van der Waals surface area (Å²) in [7, 11) is 1.37. The van der Waals surface area contributed by atoms with Gasteiger partial charge in [0.05, 0.1) is 19.2 Å². The van der Waals surface area contributed by atoms with E-state index in [4.69, 9.17) is 4.74 Å². The third-order valence-corrected chi connectivity index (χ3v) is 6.28. The van der Waals surface area contributed by atoms with Gasteiger partial charge in [-0.05, 0) is 47.6 Å². The zero-order chi connectivity index (χ0) is 18.6. The van der Waals surface area contributed by atoms with E-state index < -0.39 is 11.5 Å². The molecule has 0 unspecified atom stereocenters. The zero-order valence-electron chi connectivity index (χ0n) is 15.2. The van der Waals surface area contributed by atoms with E-state index in [0.29, 0.717) is 18.5 Å². The van der Waals surface area contributed by atoms with Gasteiger partial charge in [0.25, 0.3) is 0 Å². The van der Waals surface area contributed by atoms with Gasteiger partial charge in [0.15, 0.2) is 11.3 Å². The van der Waals surface area contributed by atoms with Crippen molar-refractivity contribution in [3.63, 3.8) is 0 Å². The van der Waals surface area contributed by atoms with Crippen LogP contribution in [0.15, 0.2) is 46.6 Å². The van der Waals surface area contributed by atoms with Gasteiger partial charge in [-0.15, -0.1) is 0 Å². The van der Waals surface area contributed by atoms with Crippen LogP contribution in [0.4, 0.5) is 0 Å². The lowest BCUT2D eigenvalue weighted by atomic mass is 9.76. The first kappa shape index (κ1) is 16.4. The number of carbonyl (C=O) groups is 2. The SMILES string of the molecule is COC(=O)c1ccccc1[C@@H]1CN=N[C@]12Cc1ccc3c(c1C2=O)CCC3. The molecule has 5 rings (SSSR count). The van der Waals surface area contributed by atoms with Crippen molar-refractivity contribution in [3.8, 4) is 0 Å². The molecule has 1 heterocycles. The second-order valence-electron chi connectivity index (χ2n) is 7.58. The number of carbonyl (C=O) groups excluding carboxylic acids is 2. The molecule has 5 heteroatoms. The number of azo groups is 1. The van der Waals surface area contributed by atoms with Crippen LogP contribution in [0.3, 0.4) is 0 Å². The Morgan fingerprint density at radius 1 is 1.15 bits per heavy atom. The van der Waals surface area contributed by atoms with E-state index in [9.17, 15) is 9.59 Å². The van der Waals surface area contributed by atoms with Crippen molar-refractivity contribution in [2.24, 2.45) is 10.2 Å². The number of rotatable bonds is 2. The number of hydrogen-bond donors (Lipinski definition) is 0. The monoisotopic (exact) mass is 360 g/mol. The minimum Gasteiger partial charge on any atom is -0.465 e. The highest BCUT2D eigenvalue weighted by Gasteiger charge is 2.56. The normalized spacial score (nSPS) is 25.1. The second kappa shape index (κ2) is 5.84. The molecule has 2 aromatic carbocycles. The molecule has 2 atom stereocenters. The van der Waals surface area contributed by atoms with E-state index in [1.807, 2.05) is 18.2 Å². The molecule has 1 aliphatic heterocycles. The molecule has 3 aliphatic rings. The lowest BCUT2D eigenvalue weighted by Gasteiger charge is -2.27. The Kier molecular flexibility index (Phi) is 3.54. The molecule has 0 amide bonds. The lowest BCUT2D eigenvalue weighted by molar-refractivity contribution is 0.0597. The molecular formula is C22H20N2O3. The molecule has 1 spiro atoms. The summed E-state index contributed by atoms with van der Waals surface area (Å²) >= 11 is 0. The first-order valence-corrected chi connectivity index (χ1v) is 9.40. The standard InChI is InChI=1S/C22H20N2O3/c1-27-21(26)17-7-3-2-6-16(17)18-12-23-24-22(18)11-14-10-9-13-5-4-8-15(13)19(14)20(22)25/h2-3,6-7,9-10,18H,4-5,8,11-12H2,1H3/t18-,22+/m0/s1. The first-order valence-electron chi connectivity index (χ1n) is 9.40. The van der Waals surface area contributed by atoms with Crippen LogP contribution in [0.5, 0.6) is 0 Å². The van der Waals surface area contributed by atoms with E-state index in [1.165, 1.54) is 18.2 Å². The Morgan fingerprint density at radius 3 is 2.81 bits per heavy atom. The average Bonchev–Trinajstić information content (AvgIpc) is 3.40. The molecule has 27 heavy (non-hydrogen) atoms. The van der Waals surface area contributed by atoms with Gasteiger partial charge in [0.1, 0.15) is 0 Å². The number of methoxy groups -OCH3 is 1. The maximum absolute atomic E-state index is 13.6. The molecule has 2 aromatic rings. The Labute approximate surface area is 157 Å².